The Morgan fingerprint density at radius 2 is 1.67 bits per heavy atom. The number of nitrogens with zero attached hydrogens (tertiary/aromatic N) is 2. The van der Waals surface area contributed by atoms with Gasteiger partial charge in [0.05, 0.1) is 31.2 Å². The van der Waals surface area contributed by atoms with E-state index in [1.165, 1.54) is 10.6 Å². The average molecular weight is 620 g/mol. The maximum absolute atomic E-state index is 13.3. The van der Waals surface area contributed by atoms with Gasteiger partial charge in [-0.05, 0) is 77.9 Å². The number of hydrogen-bond acceptors (Lipinski definition) is 6. The largest absolute Gasteiger partial charge is 0.497 e. The highest BCUT2D eigenvalue weighted by Gasteiger charge is 2.33. The summed E-state index contributed by atoms with van der Waals surface area (Å²) >= 11 is 0. The molecule has 0 radical (unpaired) electrons. The van der Waals surface area contributed by atoms with E-state index in [-0.39, 0.29) is 12.5 Å². The van der Waals surface area contributed by atoms with E-state index in [9.17, 15) is 8.42 Å². The molecular weight excluding hydrogens is 586 g/mol. The summed E-state index contributed by atoms with van der Waals surface area (Å²) in [6.07, 6.45) is 6.76. The average Bonchev–Trinajstić information content (AvgIpc) is 3.63. The molecule has 228 valence electrons. The molecule has 7 rings (SSSR count). The monoisotopic (exact) mass is 619 g/mol. The van der Waals surface area contributed by atoms with Gasteiger partial charge in [0, 0.05) is 29.4 Å². The van der Waals surface area contributed by atoms with Crippen molar-refractivity contribution in [2.75, 3.05) is 17.7 Å². The van der Waals surface area contributed by atoms with Gasteiger partial charge < -0.3 is 18.9 Å². The molecule has 45 heavy (non-hydrogen) atoms. The third kappa shape index (κ3) is 6.04. The van der Waals surface area contributed by atoms with E-state index in [2.05, 4.69) is 16.0 Å². The smallest absolute Gasteiger partial charge is 0.232 e. The first-order valence-corrected chi connectivity index (χ1v) is 16.7. The molecule has 1 aliphatic carbocycles. The van der Waals surface area contributed by atoms with Gasteiger partial charge in [0.15, 0.2) is 0 Å². The van der Waals surface area contributed by atoms with Gasteiger partial charge in [0.1, 0.15) is 35.3 Å². The number of aromatic amines is 1. The van der Waals surface area contributed by atoms with Crippen molar-refractivity contribution < 1.29 is 22.3 Å². The summed E-state index contributed by atoms with van der Waals surface area (Å²) in [5.74, 6) is 3.07. The summed E-state index contributed by atoms with van der Waals surface area (Å²) in [5, 5.41) is 0.882. The molecule has 0 spiro atoms. The molecule has 1 aliphatic rings. The van der Waals surface area contributed by atoms with Crippen molar-refractivity contribution in [1.29, 1.82) is 0 Å². The zero-order valence-corrected chi connectivity index (χ0v) is 25.9. The van der Waals surface area contributed by atoms with Crippen LogP contribution < -0.4 is 13.8 Å². The van der Waals surface area contributed by atoms with E-state index < -0.39 is 10.0 Å². The Kier molecular flexibility index (Phi) is 7.55. The number of imidazole rings is 1. The number of sulfonamides is 1. The molecule has 0 saturated heterocycles. The highest BCUT2D eigenvalue weighted by atomic mass is 32.2. The van der Waals surface area contributed by atoms with Crippen LogP contribution in [0.25, 0.3) is 33.7 Å². The van der Waals surface area contributed by atoms with Crippen LogP contribution in [0.5, 0.6) is 11.5 Å². The molecule has 0 atom stereocenters. The molecule has 0 bridgehead atoms. The van der Waals surface area contributed by atoms with Crippen LogP contribution in [-0.2, 0) is 23.2 Å². The normalized spacial score (nSPS) is 13.2. The predicted octanol–water partition coefficient (Wildman–Crippen LogP) is 7.92. The molecule has 0 aliphatic heterocycles. The first-order chi connectivity index (χ1) is 21.9. The predicted molar refractivity (Wildman–Crippen MR) is 176 cm³/mol. The summed E-state index contributed by atoms with van der Waals surface area (Å²) in [6.45, 7) is 0.666. The number of ether oxygens (including phenoxy) is 2. The SMILES string of the molecule is COc1ccc(CN(c2cc3oc(-c4ccc(OCc5ccccc5)cc4)c(-c4ncc[nH]4)c3cc2C2CC2)S(C)(=O)=O)cc1. The van der Waals surface area contributed by atoms with Crippen molar-refractivity contribution in [3.05, 3.63) is 120 Å². The first kappa shape index (κ1) is 28.7. The number of nitrogens with one attached hydrogen (secondary N) is 1. The molecule has 1 N–H and O–H groups in total. The van der Waals surface area contributed by atoms with Crippen molar-refractivity contribution in [3.63, 3.8) is 0 Å². The standard InChI is InChI=1S/C36H33N3O5S/c1-42-28-14-8-24(9-15-28)22-39(45(2,40)41)32-21-33-31(20-30(32)26-10-11-26)34(36-37-18-19-38-36)35(44-33)27-12-16-29(17-13-27)43-23-25-6-4-3-5-7-25/h3-9,12-21,26H,10-11,22-23H2,1-2H3,(H,37,38). The number of anilines is 1. The molecule has 2 heterocycles. The van der Waals surface area contributed by atoms with Crippen LogP contribution in [0.3, 0.4) is 0 Å². The maximum atomic E-state index is 13.3. The molecule has 1 fully saturated rings. The summed E-state index contributed by atoms with van der Waals surface area (Å²) in [4.78, 5) is 7.82. The van der Waals surface area contributed by atoms with Gasteiger partial charge in [0.2, 0.25) is 10.0 Å². The van der Waals surface area contributed by atoms with Gasteiger partial charge in [-0.3, -0.25) is 4.31 Å². The van der Waals surface area contributed by atoms with Crippen molar-refractivity contribution in [3.8, 4) is 34.2 Å². The summed E-state index contributed by atoms with van der Waals surface area (Å²) < 4.78 is 45.9. The second-order valence-electron chi connectivity index (χ2n) is 11.3. The lowest BCUT2D eigenvalue weighted by atomic mass is 10.00. The van der Waals surface area contributed by atoms with Crippen molar-refractivity contribution in [1.82, 2.24) is 9.97 Å². The highest BCUT2D eigenvalue weighted by molar-refractivity contribution is 7.92. The zero-order chi connectivity index (χ0) is 31.0. The Hall–Kier alpha value is -5.02. The van der Waals surface area contributed by atoms with Gasteiger partial charge in [-0.1, -0.05) is 42.5 Å². The van der Waals surface area contributed by atoms with Crippen LogP contribution in [0, 0.1) is 0 Å². The second-order valence-corrected chi connectivity index (χ2v) is 13.2. The fourth-order valence-electron chi connectivity index (χ4n) is 5.65. The van der Waals surface area contributed by atoms with Crippen molar-refractivity contribution >= 4 is 26.7 Å². The third-order valence-corrected chi connectivity index (χ3v) is 9.24. The lowest BCUT2D eigenvalue weighted by Gasteiger charge is -2.25. The van der Waals surface area contributed by atoms with Gasteiger partial charge in [-0.2, -0.15) is 0 Å². The van der Waals surface area contributed by atoms with Crippen LogP contribution in [0.1, 0.15) is 35.4 Å². The van der Waals surface area contributed by atoms with Crippen LogP contribution in [0.15, 0.2) is 108 Å². The van der Waals surface area contributed by atoms with Crippen LogP contribution in [0.2, 0.25) is 0 Å². The van der Waals surface area contributed by atoms with Gasteiger partial charge in [0.25, 0.3) is 0 Å². The van der Waals surface area contributed by atoms with E-state index >= 15 is 0 Å². The molecule has 2 aromatic heterocycles. The number of benzene rings is 4. The number of furan rings is 1. The Balaban J connectivity index is 1.30. The van der Waals surface area contributed by atoms with E-state index in [1.807, 2.05) is 84.9 Å². The zero-order valence-electron chi connectivity index (χ0n) is 25.1. The molecule has 8 nitrogen and oxygen atoms in total. The molecular formula is C36H33N3O5S. The third-order valence-electron chi connectivity index (χ3n) is 8.11. The fraction of sp³-hybridized carbons (Fsp3) is 0.194. The minimum absolute atomic E-state index is 0.192. The molecule has 0 unspecified atom stereocenters. The fourth-order valence-corrected chi connectivity index (χ4v) is 6.55. The molecule has 0 amide bonds. The summed E-state index contributed by atoms with van der Waals surface area (Å²) in [5.41, 5.74) is 5.86. The van der Waals surface area contributed by atoms with Crippen LogP contribution >= 0.6 is 0 Å². The van der Waals surface area contributed by atoms with Gasteiger partial charge in [-0.15, -0.1) is 0 Å². The number of H-pyrrole nitrogens is 1. The van der Waals surface area contributed by atoms with Crippen LogP contribution in [0.4, 0.5) is 5.69 Å². The Morgan fingerprint density at radius 3 is 2.31 bits per heavy atom. The lowest BCUT2D eigenvalue weighted by molar-refractivity contribution is 0.306. The quantitative estimate of drug-likeness (QED) is 0.158. The Bertz CT molecular complexity index is 2030. The van der Waals surface area contributed by atoms with E-state index in [0.717, 1.165) is 51.8 Å². The number of rotatable bonds is 11. The topological polar surface area (TPSA) is 97.7 Å². The first-order valence-electron chi connectivity index (χ1n) is 14.9. The number of aromatic nitrogens is 2. The van der Waals surface area contributed by atoms with E-state index in [0.29, 0.717) is 35.2 Å². The minimum Gasteiger partial charge on any atom is -0.497 e. The van der Waals surface area contributed by atoms with E-state index in [1.54, 1.807) is 19.5 Å². The molecule has 6 aromatic rings. The van der Waals surface area contributed by atoms with Gasteiger partial charge in [-0.25, -0.2) is 13.4 Å². The molecule has 9 heteroatoms. The molecule has 4 aromatic carbocycles. The highest BCUT2D eigenvalue weighted by Crippen LogP contribution is 2.49. The Labute approximate surface area is 262 Å². The number of fused-ring (bicyclic) bond motifs is 1. The summed E-state index contributed by atoms with van der Waals surface area (Å²) in [6, 6.07) is 29.3. The second kappa shape index (κ2) is 11.8. The minimum atomic E-state index is -3.63. The van der Waals surface area contributed by atoms with Crippen molar-refractivity contribution in [2.24, 2.45) is 0 Å². The lowest BCUT2D eigenvalue weighted by Crippen LogP contribution is -2.30. The number of methoxy groups -OCH3 is 1. The number of hydrogen-bond donors (Lipinski definition) is 1. The summed E-state index contributed by atoms with van der Waals surface area (Å²) in [7, 11) is -2.02. The van der Waals surface area contributed by atoms with E-state index in [4.69, 9.17) is 13.9 Å². The maximum Gasteiger partial charge on any atom is 0.232 e. The van der Waals surface area contributed by atoms with Crippen molar-refractivity contribution in [2.45, 2.75) is 31.9 Å². The van der Waals surface area contributed by atoms with Crippen LogP contribution in [-0.4, -0.2) is 31.8 Å². The van der Waals surface area contributed by atoms with Gasteiger partial charge >= 0.3 is 0 Å². The Morgan fingerprint density at radius 1 is 0.933 bits per heavy atom. The molecule has 1 saturated carbocycles.